The Kier molecular flexibility index (Phi) is 17.3. The van der Waals surface area contributed by atoms with Crippen LogP contribution in [0.2, 0.25) is 0 Å². The second-order valence-electron chi connectivity index (χ2n) is 5.43. The van der Waals surface area contributed by atoms with Crippen molar-refractivity contribution in [3.63, 3.8) is 0 Å². The van der Waals surface area contributed by atoms with Crippen molar-refractivity contribution in [3.8, 4) is 23.7 Å². The molecule has 0 fully saturated rings. The molecule has 0 aliphatic rings. The fraction of sp³-hybridized carbons (Fsp3) is 0.800. The zero-order chi connectivity index (χ0) is 16.3. The Morgan fingerprint density at radius 2 is 1.32 bits per heavy atom. The molecule has 2 nitrogen and oxygen atoms in total. The predicted octanol–water partition coefficient (Wildman–Crippen LogP) is 5.31. The largest absolute Gasteiger partial charge is 0.353 e. The van der Waals surface area contributed by atoms with Crippen molar-refractivity contribution in [2.24, 2.45) is 0 Å². The van der Waals surface area contributed by atoms with E-state index in [0.717, 1.165) is 45.3 Å². The highest BCUT2D eigenvalue weighted by atomic mass is 16.7. The van der Waals surface area contributed by atoms with Crippen LogP contribution < -0.4 is 0 Å². The molecule has 0 saturated carbocycles. The molecule has 0 unspecified atom stereocenters. The summed E-state index contributed by atoms with van der Waals surface area (Å²) in [5.41, 5.74) is 0. The van der Waals surface area contributed by atoms with E-state index in [1.54, 1.807) is 0 Å². The van der Waals surface area contributed by atoms with Crippen LogP contribution in [0.15, 0.2) is 0 Å². The molecule has 0 rings (SSSR count). The van der Waals surface area contributed by atoms with Crippen molar-refractivity contribution in [2.45, 2.75) is 91.3 Å². The summed E-state index contributed by atoms with van der Waals surface area (Å²) in [6, 6.07) is 0. The summed E-state index contributed by atoms with van der Waals surface area (Å²) in [6.07, 6.45) is 11.1. The Balaban J connectivity index is 3.52. The van der Waals surface area contributed by atoms with E-state index in [4.69, 9.17) is 9.47 Å². The van der Waals surface area contributed by atoms with Crippen molar-refractivity contribution in [1.82, 2.24) is 0 Å². The van der Waals surface area contributed by atoms with E-state index in [-0.39, 0.29) is 6.29 Å². The van der Waals surface area contributed by atoms with Gasteiger partial charge in [-0.15, -0.1) is 0 Å². The lowest BCUT2D eigenvalue weighted by Gasteiger charge is -2.17. The lowest BCUT2D eigenvalue weighted by Crippen LogP contribution is -2.18. The van der Waals surface area contributed by atoms with E-state index in [0.29, 0.717) is 0 Å². The van der Waals surface area contributed by atoms with Crippen LogP contribution in [0.5, 0.6) is 0 Å². The predicted molar refractivity (Wildman–Crippen MR) is 94.4 cm³/mol. The number of ether oxygens (including phenoxy) is 2. The van der Waals surface area contributed by atoms with Gasteiger partial charge in [0.25, 0.3) is 0 Å². The summed E-state index contributed by atoms with van der Waals surface area (Å²) in [5, 5.41) is 0. The maximum Gasteiger partial charge on any atom is 0.157 e. The van der Waals surface area contributed by atoms with E-state index in [1.807, 2.05) is 6.92 Å². The van der Waals surface area contributed by atoms with E-state index in [1.165, 1.54) is 32.1 Å². The van der Waals surface area contributed by atoms with E-state index >= 15 is 0 Å². The lowest BCUT2D eigenvalue weighted by molar-refractivity contribution is -0.146. The third-order valence-corrected chi connectivity index (χ3v) is 3.17. The van der Waals surface area contributed by atoms with Gasteiger partial charge in [-0.3, -0.25) is 0 Å². The summed E-state index contributed by atoms with van der Waals surface area (Å²) in [7, 11) is 0. The average Bonchev–Trinajstić information content (AvgIpc) is 2.54. The van der Waals surface area contributed by atoms with Crippen LogP contribution in [0.25, 0.3) is 0 Å². The second kappa shape index (κ2) is 18.1. The van der Waals surface area contributed by atoms with Crippen molar-refractivity contribution in [2.75, 3.05) is 13.2 Å². The van der Waals surface area contributed by atoms with Crippen molar-refractivity contribution < 1.29 is 9.47 Å². The monoisotopic (exact) mass is 306 g/mol. The van der Waals surface area contributed by atoms with Crippen LogP contribution in [0.4, 0.5) is 0 Å². The Labute approximate surface area is 138 Å². The van der Waals surface area contributed by atoms with Gasteiger partial charge in [0.2, 0.25) is 0 Å². The van der Waals surface area contributed by atoms with Crippen LogP contribution in [0.1, 0.15) is 85.0 Å². The molecule has 0 saturated heterocycles. The van der Waals surface area contributed by atoms with Gasteiger partial charge >= 0.3 is 0 Å². The molecule has 0 aliphatic carbocycles. The van der Waals surface area contributed by atoms with E-state index in [2.05, 4.69) is 37.5 Å². The number of unbranched alkanes of at least 4 members (excludes halogenated alkanes) is 5. The molecule has 0 N–H and O–H groups in total. The van der Waals surface area contributed by atoms with Crippen LogP contribution in [-0.4, -0.2) is 19.5 Å². The van der Waals surface area contributed by atoms with Gasteiger partial charge in [-0.1, -0.05) is 51.9 Å². The van der Waals surface area contributed by atoms with Crippen LogP contribution in [0.3, 0.4) is 0 Å². The SMILES string of the molecule is CCC#CC#CCCCCCCCC(OCCC)OCCC. The van der Waals surface area contributed by atoms with Crippen LogP contribution in [-0.2, 0) is 9.47 Å². The van der Waals surface area contributed by atoms with Crippen molar-refractivity contribution >= 4 is 0 Å². The molecule has 126 valence electrons. The van der Waals surface area contributed by atoms with Crippen molar-refractivity contribution in [3.05, 3.63) is 0 Å². The molecule has 0 heterocycles. The number of rotatable bonds is 13. The lowest BCUT2D eigenvalue weighted by atomic mass is 10.1. The minimum absolute atomic E-state index is 0.00269. The maximum absolute atomic E-state index is 5.73. The molecule has 0 atom stereocenters. The number of hydrogen-bond acceptors (Lipinski definition) is 2. The average molecular weight is 306 g/mol. The smallest absolute Gasteiger partial charge is 0.157 e. The van der Waals surface area contributed by atoms with E-state index < -0.39 is 0 Å². The van der Waals surface area contributed by atoms with Gasteiger partial charge in [-0.25, -0.2) is 0 Å². The Morgan fingerprint density at radius 1 is 0.727 bits per heavy atom. The minimum Gasteiger partial charge on any atom is -0.353 e. The molecule has 0 aromatic heterocycles. The molecule has 0 amide bonds. The summed E-state index contributed by atoms with van der Waals surface area (Å²) in [6.45, 7) is 7.91. The molecule has 0 aromatic rings. The Bertz CT molecular complexity index is 332. The van der Waals surface area contributed by atoms with Gasteiger partial charge in [0.1, 0.15) is 0 Å². The molecule has 0 bridgehead atoms. The zero-order valence-electron chi connectivity index (χ0n) is 14.9. The van der Waals surface area contributed by atoms with Gasteiger partial charge in [-0.2, -0.15) is 0 Å². The first kappa shape index (κ1) is 21.0. The fourth-order valence-corrected chi connectivity index (χ4v) is 2.01. The van der Waals surface area contributed by atoms with Gasteiger partial charge in [0.05, 0.1) is 0 Å². The summed E-state index contributed by atoms with van der Waals surface area (Å²) >= 11 is 0. The third-order valence-electron chi connectivity index (χ3n) is 3.17. The second-order valence-corrected chi connectivity index (χ2v) is 5.43. The molecule has 2 heteroatoms. The Morgan fingerprint density at radius 3 is 1.95 bits per heavy atom. The minimum atomic E-state index is 0.00269. The summed E-state index contributed by atoms with van der Waals surface area (Å²) in [5.74, 6) is 11.8. The van der Waals surface area contributed by atoms with Gasteiger partial charge < -0.3 is 9.47 Å². The molecule has 0 aliphatic heterocycles. The highest BCUT2D eigenvalue weighted by molar-refractivity contribution is 5.25. The molecular weight excluding hydrogens is 272 g/mol. The van der Waals surface area contributed by atoms with Crippen LogP contribution in [0, 0.1) is 23.7 Å². The molecule has 0 spiro atoms. The molecule has 0 radical (unpaired) electrons. The molecule has 22 heavy (non-hydrogen) atoms. The molecular formula is C20H34O2. The highest BCUT2D eigenvalue weighted by Gasteiger charge is 2.07. The van der Waals surface area contributed by atoms with Crippen LogP contribution >= 0.6 is 0 Å². The van der Waals surface area contributed by atoms with Crippen molar-refractivity contribution in [1.29, 1.82) is 0 Å². The molecule has 0 aromatic carbocycles. The van der Waals surface area contributed by atoms with E-state index in [9.17, 15) is 0 Å². The van der Waals surface area contributed by atoms with Gasteiger partial charge in [-0.05, 0) is 43.9 Å². The highest BCUT2D eigenvalue weighted by Crippen LogP contribution is 2.12. The zero-order valence-corrected chi connectivity index (χ0v) is 14.9. The standard InChI is InChI=1S/C20H34O2/c1-4-7-8-9-10-11-12-13-14-15-16-17-20(21-18-5-2)22-19-6-3/h20H,4-6,11-19H2,1-3H3. The van der Waals surface area contributed by atoms with Gasteiger partial charge in [0.15, 0.2) is 6.29 Å². The topological polar surface area (TPSA) is 18.5 Å². The first-order valence-electron chi connectivity index (χ1n) is 9.04. The normalized spacial score (nSPS) is 10.0. The first-order chi connectivity index (χ1) is 10.8. The fourth-order valence-electron chi connectivity index (χ4n) is 2.01. The quantitative estimate of drug-likeness (QED) is 0.261. The van der Waals surface area contributed by atoms with Gasteiger partial charge in [0, 0.05) is 26.1 Å². The number of hydrogen-bond donors (Lipinski definition) is 0. The summed E-state index contributed by atoms with van der Waals surface area (Å²) < 4.78 is 11.5. The summed E-state index contributed by atoms with van der Waals surface area (Å²) in [4.78, 5) is 0. The third kappa shape index (κ3) is 15.4. The first-order valence-corrected chi connectivity index (χ1v) is 9.04. The Hall–Kier alpha value is -0.960. The maximum atomic E-state index is 5.73.